The molecule has 0 aliphatic heterocycles. The highest BCUT2D eigenvalue weighted by atomic mass is 15.3. The summed E-state index contributed by atoms with van der Waals surface area (Å²) in [6.45, 7) is 8.71. The summed E-state index contributed by atoms with van der Waals surface area (Å²) in [5, 5.41) is 7.63. The molecule has 1 N–H and O–H groups in total. The molecule has 18 heavy (non-hydrogen) atoms. The van der Waals surface area contributed by atoms with Gasteiger partial charge in [-0.15, -0.1) is 0 Å². The van der Waals surface area contributed by atoms with Crippen LogP contribution < -0.4 is 5.32 Å². The van der Waals surface area contributed by atoms with E-state index >= 15 is 0 Å². The molecule has 0 radical (unpaired) electrons. The normalized spacial score (nSPS) is 10.5. The summed E-state index contributed by atoms with van der Waals surface area (Å²) >= 11 is 0. The monoisotopic (exact) mass is 241 g/mol. The minimum Gasteiger partial charge on any atom is -0.313 e. The van der Waals surface area contributed by atoms with Crippen molar-refractivity contribution in [2.75, 3.05) is 13.1 Å². The van der Waals surface area contributed by atoms with E-state index in [9.17, 15) is 0 Å². The first kappa shape index (κ1) is 12.6. The molecule has 0 saturated carbocycles. The van der Waals surface area contributed by atoms with Crippen LogP contribution in [-0.2, 0) is 6.54 Å². The molecule has 1 heterocycles. The van der Waals surface area contributed by atoms with E-state index in [1.807, 2.05) is 29.1 Å². The standard InChI is InChI=1S/C15H19N3/c1-3-16-9-13(2)11-18-12-15(10-17-18)14-7-5-4-6-8-14/h4-8,10,12,16H,2-3,9,11H2,1H3. The van der Waals surface area contributed by atoms with Crippen molar-refractivity contribution in [3.05, 3.63) is 54.9 Å². The van der Waals surface area contributed by atoms with Crippen LogP contribution in [0.1, 0.15) is 6.92 Å². The first-order chi connectivity index (χ1) is 8.79. The van der Waals surface area contributed by atoms with Crippen molar-refractivity contribution >= 4 is 0 Å². The van der Waals surface area contributed by atoms with Crippen LogP contribution in [0, 0.1) is 0 Å². The van der Waals surface area contributed by atoms with E-state index in [4.69, 9.17) is 0 Å². The molecule has 2 rings (SSSR count). The Labute approximate surface area is 108 Å². The molecule has 1 aromatic heterocycles. The van der Waals surface area contributed by atoms with Crippen LogP contribution in [0.25, 0.3) is 11.1 Å². The van der Waals surface area contributed by atoms with Crippen LogP contribution in [0.3, 0.4) is 0 Å². The SMILES string of the molecule is C=C(CNCC)Cn1cc(-c2ccccc2)cn1. The third-order valence-corrected chi connectivity index (χ3v) is 2.75. The van der Waals surface area contributed by atoms with Crippen LogP contribution in [-0.4, -0.2) is 22.9 Å². The Morgan fingerprint density at radius 1 is 1.28 bits per heavy atom. The predicted molar refractivity (Wildman–Crippen MR) is 75.3 cm³/mol. The Morgan fingerprint density at radius 2 is 2.06 bits per heavy atom. The maximum atomic E-state index is 4.37. The maximum absolute atomic E-state index is 4.37. The van der Waals surface area contributed by atoms with Crippen molar-refractivity contribution < 1.29 is 0 Å². The molecule has 0 bridgehead atoms. The van der Waals surface area contributed by atoms with Gasteiger partial charge in [0.2, 0.25) is 0 Å². The minimum absolute atomic E-state index is 0.764. The molecule has 0 saturated heterocycles. The van der Waals surface area contributed by atoms with Gasteiger partial charge in [0.25, 0.3) is 0 Å². The average molecular weight is 241 g/mol. The zero-order chi connectivity index (χ0) is 12.8. The fourth-order valence-corrected chi connectivity index (χ4v) is 1.82. The third kappa shape index (κ3) is 3.31. The fraction of sp³-hybridized carbons (Fsp3) is 0.267. The lowest BCUT2D eigenvalue weighted by atomic mass is 10.1. The van der Waals surface area contributed by atoms with Crippen molar-refractivity contribution in [2.45, 2.75) is 13.5 Å². The van der Waals surface area contributed by atoms with Crippen LogP contribution in [0.5, 0.6) is 0 Å². The van der Waals surface area contributed by atoms with Crippen molar-refractivity contribution in [2.24, 2.45) is 0 Å². The van der Waals surface area contributed by atoms with Gasteiger partial charge in [0.15, 0.2) is 0 Å². The van der Waals surface area contributed by atoms with Gasteiger partial charge in [0.05, 0.1) is 12.7 Å². The van der Waals surface area contributed by atoms with Crippen molar-refractivity contribution in [1.82, 2.24) is 15.1 Å². The highest BCUT2D eigenvalue weighted by Gasteiger charge is 2.02. The summed E-state index contributed by atoms with van der Waals surface area (Å²) in [7, 11) is 0. The largest absolute Gasteiger partial charge is 0.313 e. The molecular weight excluding hydrogens is 222 g/mol. The van der Waals surface area contributed by atoms with E-state index in [-0.39, 0.29) is 0 Å². The van der Waals surface area contributed by atoms with Crippen molar-refractivity contribution in [3.8, 4) is 11.1 Å². The highest BCUT2D eigenvalue weighted by Crippen LogP contribution is 2.17. The van der Waals surface area contributed by atoms with Gasteiger partial charge >= 0.3 is 0 Å². The van der Waals surface area contributed by atoms with E-state index in [1.165, 1.54) is 5.56 Å². The van der Waals surface area contributed by atoms with Crippen LogP contribution in [0.15, 0.2) is 54.9 Å². The predicted octanol–water partition coefficient (Wildman–Crippen LogP) is 2.72. The Balaban J connectivity index is 2.00. The summed E-state index contributed by atoms with van der Waals surface area (Å²) in [5.41, 5.74) is 3.48. The first-order valence-corrected chi connectivity index (χ1v) is 6.25. The van der Waals surface area contributed by atoms with E-state index in [0.717, 1.165) is 30.8 Å². The second-order valence-electron chi connectivity index (χ2n) is 4.32. The molecule has 0 atom stereocenters. The number of hydrogen-bond donors (Lipinski definition) is 1. The Hall–Kier alpha value is -1.87. The number of nitrogens with one attached hydrogen (secondary N) is 1. The van der Waals surface area contributed by atoms with Gasteiger partial charge in [-0.25, -0.2) is 0 Å². The molecule has 0 unspecified atom stereocenters. The number of nitrogens with zero attached hydrogens (tertiary/aromatic N) is 2. The lowest BCUT2D eigenvalue weighted by Gasteiger charge is -2.05. The van der Waals surface area contributed by atoms with Gasteiger partial charge in [0.1, 0.15) is 0 Å². The summed E-state index contributed by atoms with van der Waals surface area (Å²) < 4.78 is 1.93. The van der Waals surface area contributed by atoms with E-state index in [0.29, 0.717) is 0 Å². The van der Waals surface area contributed by atoms with Crippen molar-refractivity contribution in [1.29, 1.82) is 0 Å². The first-order valence-electron chi connectivity index (χ1n) is 6.25. The number of hydrogen-bond acceptors (Lipinski definition) is 2. The van der Waals surface area contributed by atoms with E-state index in [2.05, 4.69) is 42.2 Å². The van der Waals surface area contributed by atoms with Gasteiger partial charge in [-0.3, -0.25) is 4.68 Å². The molecule has 0 amide bonds. The Kier molecular flexibility index (Phi) is 4.31. The number of likely N-dealkylation sites (N-methyl/N-ethyl adjacent to an activating group) is 1. The van der Waals surface area contributed by atoms with Crippen LogP contribution in [0.4, 0.5) is 0 Å². The molecule has 3 nitrogen and oxygen atoms in total. The zero-order valence-electron chi connectivity index (χ0n) is 10.8. The van der Waals surface area contributed by atoms with Crippen LogP contribution >= 0.6 is 0 Å². The molecule has 3 heteroatoms. The smallest absolute Gasteiger partial charge is 0.0629 e. The highest BCUT2D eigenvalue weighted by molar-refractivity contribution is 5.61. The fourth-order valence-electron chi connectivity index (χ4n) is 1.82. The lowest BCUT2D eigenvalue weighted by Crippen LogP contribution is -2.18. The Bertz CT molecular complexity index is 499. The number of benzene rings is 1. The van der Waals surface area contributed by atoms with Crippen LogP contribution in [0.2, 0.25) is 0 Å². The number of rotatable bonds is 6. The molecule has 0 aliphatic rings. The van der Waals surface area contributed by atoms with E-state index in [1.54, 1.807) is 0 Å². The van der Waals surface area contributed by atoms with Crippen molar-refractivity contribution in [3.63, 3.8) is 0 Å². The van der Waals surface area contributed by atoms with Gasteiger partial charge in [0, 0.05) is 18.3 Å². The molecule has 2 aromatic rings. The summed E-state index contributed by atoms with van der Waals surface area (Å²) in [6.07, 6.45) is 3.96. The summed E-state index contributed by atoms with van der Waals surface area (Å²) in [6, 6.07) is 10.3. The van der Waals surface area contributed by atoms with Gasteiger partial charge < -0.3 is 5.32 Å². The second kappa shape index (κ2) is 6.17. The maximum Gasteiger partial charge on any atom is 0.0629 e. The molecule has 0 fully saturated rings. The molecule has 0 aliphatic carbocycles. The summed E-state index contributed by atoms with van der Waals surface area (Å²) in [5.74, 6) is 0. The third-order valence-electron chi connectivity index (χ3n) is 2.75. The average Bonchev–Trinajstić information content (AvgIpc) is 2.86. The topological polar surface area (TPSA) is 29.9 Å². The molecule has 94 valence electrons. The second-order valence-corrected chi connectivity index (χ2v) is 4.32. The van der Waals surface area contributed by atoms with Gasteiger partial charge in [-0.05, 0) is 17.7 Å². The zero-order valence-corrected chi connectivity index (χ0v) is 10.8. The van der Waals surface area contributed by atoms with Gasteiger partial charge in [-0.2, -0.15) is 5.10 Å². The quantitative estimate of drug-likeness (QED) is 0.788. The molecule has 0 spiro atoms. The lowest BCUT2D eigenvalue weighted by molar-refractivity contribution is 0.645. The van der Waals surface area contributed by atoms with E-state index < -0.39 is 0 Å². The minimum atomic E-state index is 0.764. The van der Waals surface area contributed by atoms with Gasteiger partial charge in [-0.1, -0.05) is 43.8 Å². The number of aromatic nitrogens is 2. The molecular formula is C15H19N3. The Morgan fingerprint density at radius 3 is 2.78 bits per heavy atom. The summed E-state index contributed by atoms with van der Waals surface area (Å²) in [4.78, 5) is 0. The molecule has 1 aromatic carbocycles.